The van der Waals surface area contributed by atoms with Crippen molar-refractivity contribution >= 4 is 40.6 Å². The molecule has 0 atom stereocenters. The molecular formula is C22H19N3O5S. The van der Waals surface area contributed by atoms with Crippen LogP contribution in [0.1, 0.15) is 22.8 Å². The Bertz CT molecular complexity index is 1100. The van der Waals surface area contributed by atoms with Gasteiger partial charge in [-0.25, -0.2) is 9.79 Å². The third-order valence-corrected chi connectivity index (χ3v) is 5.26. The first-order valence-electron chi connectivity index (χ1n) is 9.29. The summed E-state index contributed by atoms with van der Waals surface area (Å²) in [6.07, 6.45) is 1.73. The van der Waals surface area contributed by atoms with Crippen molar-refractivity contribution in [2.75, 3.05) is 20.3 Å². The lowest BCUT2D eigenvalue weighted by Gasteiger charge is -2.10. The molecule has 2 aromatic rings. The monoisotopic (exact) mass is 437 g/mol. The maximum atomic E-state index is 12.7. The fourth-order valence-electron chi connectivity index (χ4n) is 2.70. The second-order valence-corrected chi connectivity index (χ2v) is 7.32. The molecule has 158 valence electrons. The molecule has 0 unspecified atom stereocenters. The van der Waals surface area contributed by atoms with Gasteiger partial charge in [-0.2, -0.15) is 5.26 Å². The van der Waals surface area contributed by atoms with E-state index in [4.69, 9.17) is 19.8 Å². The number of aromatic carboxylic acids is 1. The van der Waals surface area contributed by atoms with Crippen molar-refractivity contribution in [1.82, 2.24) is 4.90 Å². The Kier molecular flexibility index (Phi) is 6.95. The molecule has 31 heavy (non-hydrogen) atoms. The minimum absolute atomic E-state index is 0.0904. The fraction of sp³-hybridized carbons (Fsp3) is 0.182. The predicted molar refractivity (Wildman–Crippen MR) is 118 cm³/mol. The van der Waals surface area contributed by atoms with Crippen LogP contribution in [0, 0.1) is 11.3 Å². The second-order valence-electron chi connectivity index (χ2n) is 6.31. The number of carbonyl (C=O) groups is 2. The number of ether oxygens (including phenoxy) is 2. The summed E-state index contributed by atoms with van der Waals surface area (Å²) >= 11 is 1.22. The standard InChI is InChI=1S/C22H19N3O5S/c1-3-29-18-12-14(4-9-17(18)30-11-10-23)13-19-20(26)25(2)22(31-19)24-16-7-5-15(6-8-16)21(27)28/h4-9,12-13H,3,11H2,1-2H3,(H,27,28)/b19-13-,24-22?. The number of carboxylic acid groups (broad SMARTS) is 1. The van der Waals surface area contributed by atoms with Gasteiger partial charge in [0.1, 0.15) is 6.07 Å². The molecule has 1 amide bonds. The van der Waals surface area contributed by atoms with E-state index in [1.165, 1.54) is 28.8 Å². The van der Waals surface area contributed by atoms with Crippen LogP contribution in [-0.2, 0) is 4.79 Å². The van der Waals surface area contributed by atoms with Crippen molar-refractivity contribution in [2.45, 2.75) is 6.92 Å². The van der Waals surface area contributed by atoms with Crippen molar-refractivity contribution in [2.24, 2.45) is 4.99 Å². The number of amides is 1. The Balaban J connectivity index is 1.85. The van der Waals surface area contributed by atoms with E-state index in [0.29, 0.717) is 33.9 Å². The Morgan fingerprint density at radius 3 is 2.61 bits per heavy atom. The summed E-state index contributed by atoms with van der Waals surface area (Å²) in [7, 11) is 1.63. The number of aliphatic imine (C=N–C) groups is 1. The highest BCUT2D eigenvalue weighted by atomic mass is 32.2. The van der Waals surface area contributed by atoms with E-state index >= 15 is 0 Å². The lowest BCUT2D eigenvalue weighted by Crippen LogP contribution is -2.23. The first kappa shape index (κ1) is 21.9. The summed E-state index contributed by atoms with van der Waals surface area (Å²) in [5.74, 6) is -0.264. The van der Waals surface area contributed by atoms with E-state index in [2.05, 4.69) is 4.99 Å². The third kappa shape index (κ3) is 5.24. The molecule has 2 aromatic carbocycles. The minimum atomic E-state index is -1.01. The average molecular weight is 437 g/mol. The molecule has 9 heteroatoms. The molecule has 3 rings (SSSR count). The normalized spacial score (nSPS) is 15.9. The number of thioether (sulfide) groups is 1. The zero-order chi connectivity index (χ0) is 22.4. The fourth-order valence-corrected chi connectivity index (χ4v) is 3.69. The molecule has 1 saturated heterocycles. The Morgan fingerprint density at radius 2 is 1.97 bits per heavy atom. The number of benzene rings is 2. The number of hydrogen-bond acceptors (Lipinski definition) is 7. The van der Waals surface area contributed by atoms with Crippen LogP contribution in [0.2, 0.25) is 0 Å². The van der Waals surface area contributed by atoms with Gasteiger partial charge in [-0.1, -0.05) is 6.07 Å². The third-order valence-electron chi connectivity index (χ3n) is 4.20. The molecule has 0 aromatic heterocycles. The topological polar surface area (TPSA) is 112 Å². The largest absolute Gasteiger partial charge is 0.490 e. The molecule has 1 fully saturated rings. The van der Waals surface area contributed by atoms with E-state index in [9.17, 15) is 9.59 Å². The number of nitrogens with zero attached hydrogens (tertiary/aromatic N) is 3. The van der Waals surface area contributed by atoms with Gasteiger partial charge >= 0.3 is 5.97 Å². The Hall–Kier alpha value is -3.77. The molecule has 1 N–H and O–H groups in total. The maximum absolute atomic E-state index is 12.7. The van der Waals surface area contributed by atoms with E-state index in [1.807, 2.05) is 13.0 Å². The molecule has 0 saturated carbocycles. The molecule has 0 radical (unpaired) electrons. The maximum Gasteiger partial charge on any atom is 0.335 e. The van der Waals surface area contributed by atoms with Crippen LogP contribution >= 0.6 is 11.8 Å². The van der Waals surface area contributed by atoms with Gasteiger partial charge in [-0.05, 0) is 66.7 Å². The van der Waals surface area contributed by atoms with Gasteiger partial charge in [-0.3, -0.25) is 9.69 Å². The zero-order valence-corrected chi connectivity index (χ0v) is 17.7. The molecule has 1 heterocycles. The van der Waals surface area contributed by atoms with E-state index in [0.717, 1.165) is 5.56 Å². The van der Waals surface area contributed by atoms with Crippen molar-refractivity contribution in [3.8, 4) is 17.6 Å². The van der Waals surface area contributed by atoms with Crippen molar-refractivity contribution in [3.05, 3.63) is 58.5 Å². The van der Waals surface area contributed by atoms with E-state index in [-0.39, 0.29) is 18.1 Å². The zero-order valence-electron chi connectivity index (χ0n) is 16.9. The number of amidine groups is 1. The lowest BCUT2D eigenvalue weighted by atomic mass is 10.2. The van der Waals surface area contributed by atoms with Crippen molar-refractivity contribution in [3.63, 3.8) is 0 Å². The molecule has 0 bridgehead atoms. The summed E-state index contributed by atoms with van der Waals surface area (Å²) < 4.78 is 10.9. The van der Waals surface area contributed by atoms with Crippen LogP contribution in [0.25, 0.3) is 6.08 Å². The van der Waals surface area contributed by atoms with Gasteiger partial charge < -0.3 is 14.6 Å². The number of carboxylic acids is 1. The van der Waals surface area contributed by atoms with Gasteiger partial charge in [0.15, 0.2) is 23.3 Å². The summed E-state index contributed by atoms with van der Waals surface area (Å²) in [6, 6.07) is 13.2. The van der Waals surface area contributed by atoms with Gasteiger partial charge in [0.25, 0.3) is 5.91 Å². The molecule has 0 aliphatic carbocycles. The number of rotatable bonds is 7. The summed E-state index contributed by atoms with van der Waals surface area (Å²) in [5.41, 5.74) is 1.45. The highest BCUT2D eigenvalue weighted by Gasteiger charge is 2.30. The Labute approximate surface area is 183 Å². The molecule has 1 aliphatic heterocycles. The molecule has 1 aliphatic rings. The lowest BCUT2D eigenvalue weighted by molar-refractivity contribution is -0.121. The van der Waals surface area contributed by atoms with Gasteiger partial charge in [0, 0.05) is 7.05 Å². The van der Waals surface area contributed by atoms with Crippen LogP contribution < -0.4 is 9.47 Å². The first-order valence-corrected chi connectivity index (χ1v) is 10.1. The predicted octanol–water partition coefficient (Wildman–Crippen LogP) is 3.92. The molecular weight excluding hydrogens is 418 g/mol. The van der Waals surface area contributed by atoms with Crippen LogP contribution in [0.3, 0.4) is 0 Å². The number of carbonyl (C=O) groups excluding carboxylic acids is 1. The average Bonchev–Trinajstić information content (AvgIpc) is 3.01. The number of likely N-dealkylation sites (N-methyl/N-ethyl adjacent to an activating group) is 1. The van der Waals surface area contributed by atoms with E-state index in [1.54, 1.807) is 43.5 Å². The number of nitriles is 1. The number of hydrogen-bond donors (Lipinski definition) is 1. The van der Waals surface area contributed by atoms with Gasteiger partial charge in [0.05, 0.1) is 22.8 Å². The Morgan fingerprint density at radius 1 is 1.23 bits per heavy atom. The second kappa shape index (κ2) is 9.82. The summed E-state index contributed by atoms with van der Waals surface area (Å²) in [6.45, 7) is 2.18. The smallest absolute Gasteiger partial charge is 0.335 e. The molecule has 0 spiro atoms. The van der Waals surface area contributed by atoms with Crippen LogP contribution in [0.15, 0.2) is 52.4 Å². The van der Waals surface area contributed by atoms with Crippen LogP contribution in [-0.4, -0.2) is 47.3 Å². The highest BCUT2D eigenvalue weighted by Crippen LogP contribution is 2.35. The van der Waals surface area contributed by atoms with Gasteiger partial charge in [0.2, 0.25) is 0 Å². The first-order chi connectivity index (χ1) is 14.9. The quantitative estimate of drug-likeness (QED) is 0.653. The summed E-state index contributed by atoms with van der Waals surface area (Å²) in [5, 5.41) is 18.2. The van der Waals surface area contributed by atoms with E-state index < -0.39 is 5.97 Å². The summed E-state index contributed by atoms with van der Waals surface area (Å²) in [4.78, 5) is 30.0. The minimum Gasteiger partial charge on any atom is -0.490 e. The van der Waals surface area contributed by atoms with Crippen LogP contribution in [0.5, 0.6) is 11.5 Å². The molecule has 8 nitrogen and oxygen atoms in total. The van der Waals surface area contributed by atoms with Gasteiger partial charge in [-0.15, -0.1) is 0 Å². The van der Waals surface area contributed by atoms with Crippen molar-refractivity contribution < 1.29 is 24.2 Å². The highest BCUT2D eigenvalue weighted by molar-refractivity contribution is 8.18. The SMILES string of the molecule is CCOc1cc(/C=C2\SC(=Nc3ccc(C(=O)O)cc3)N(C)C2=O)ccc1OCC#N. The van der Waals surface area contributed by atoms with Crippen LogP contribution in [0.4, 0.5) is 5.69 Å². The van der Waals surface area contributed by atoms with Crippen molar-refractivity contribution in [1.29, 1.82) is 5.26 Å².